The maximum Gasteiger partial charge on any atom is 0.307 e. The topological polar surface area (TPSA) is 21.9 Å². The fourth-order valence-electron chi connectivity index (χ4n) is 0.0445. The molecule has 1 aliphatic rings. The average molecular weight is 167 g/mol. The molecule has 1 saturated heterocycles. The Balaban J connectivity index is 2.17. The third kappa shape index (κ3) is 0.602. The van der Waals surface area contributed by atoms with Crippen LogP contribution in [0.1, 0.15) is 0 Å². The zero-order valence-corrected chi connectivity index (χ0v) is 4.32. The Hall–Kier alpha value is 0.755. The summed E-state index contributed by atoms with van der Waals surface area (Å²) in [7, 11) is 0. The first-order valence-electron chi connectivity index (χ1n) is 1.27. The zero-order chi connectivity index (χ0) is 2.99. The van der Waals surface area contributed by atoms with Crippen LogP contribution in [0.15, 0.2) is 0 Å². The molecule has 1 aliphatic heterocycles. The molecule has 0 saturated carbocycles. The normalized spacial score (nSPS) is 21.8. The highest BCUT2D eigenvalue weighted by atomic mass is 127. The van der Waals surface area contributed by atoms with Crippen molar-refractivity contribution in [2.24, 2.45) is 0 Å². The number of rotatable bonds is 0. The van der Waals surface area contributed by atoms with Gasteiger partial charge in [-0.2, -0.15) is 0 Å². The van der Waals surface area contributed by atoms with Crippen LogP contribution in [0.3, 0.4) is 0 Å². The summed E-state index contributed by atoms with van der Waals surface area (Å²) in [5.41, 5.74) is 0. The molecule has 0 spiro atoms. The lowest BCUT2D eigenvalue weighted by molar-refractivity contribution is 1.41. The number of halogens is 1. The molecule has 1 fully saturated rings. The highest BCUT2D eigenvalue weighted by Crippen LogP contribution is 1.97. The van der Waals surface area contributed by atoms with Crippen LogP contribution in [-0.2, 0) is 0 Å². The molecule has 0 atom stereocenters. The molecule has 1 rings (SSSR count). The van der Waals surface area contributed by atoms with Gasteiger partial charge in [0.2, 0.25) is 0 Å². The van der Waals surface area contributed by atoms with Gasteiger partial charge in [-0.25, -0.2) is 0 Å². The predicted molar refractivity (Wildman–Crippen MR) is 27.8 cm³/mol. The summed E-state index contributed by atoms with van der Waals surface area (Å²) in [4.78, 5) is 0. The quantitative estimate of drug-likeness (QED) is 0.307. The van der Waals surface area contributed by atoms with E-state index in [0.29, 0.717) is 0 Å². The first kappa shape index (κ1) is 2.97. The van der Waals surface area contributed by atoms with Gasteiger partial charge < -0.3 is 5.23 Å². The van der Waals surface area contributed by atoms with Crippen molar-refractivity contribution in [1.29, 1.82) is 0 Å². The van der Waals surface area contributed by atoms with Crippen molar-refractivity contribution in [3.05, 3.63) is 0 Å². The number of nitrogens with one attached hydrogen (secondary N) is 1. The Morgan fingerprint density at radius 2 is 2.25 bits per heavy atom. The van der Waals surface area contributed by atoms with Gasteiger partial charge in [-0.15, -0.1) is 22.4 Å². The maximum atomic E-state index is 3.08. The second kappa shape index (κ2) is 0.860. The maximum absolute atomic E-state index is 3.08. The molecular weight excluding hydrogens is 164 g/mol. The van der Waals surface area contributed by atoms with E-state index in [0.717, 1.165) is 4.70 Å². The van der Waals surface area contributed by atoms with Crippen molar-refractivity contribution in [3.63, 3.8) is 0 Å². The van der Waals surface area contributed by atoms with Crippen LogP contribution in [0.2, 0.25) is 0 Å². The molecule has 4 heavy (non-hydrogen) atoms. The van der Waals surface area contributed by atoms with Gasteiger partial charge >= 0.3 is 4.70 Å². The van der Waals surface area contributed by atoms with Crippen LogP contribution in [0, 0.1) is 0 Å². The van der Waals surface area contributed by atoms with Crippen LogP contribution in [0.5, 0.6) is 0 Å². The monoisotopic (exact) mass is 167 g/mol. The van der Waals surface area contributed by atoms with Crippen molar-refractivity contribution in [3.8, 4) is 0 Å². The van der Waals surface area contributed by atoms with Crippen LogP contribution in [-0.4, -0.2) is 11.1 Å². The Labute approximate surface area is 39.1 Å². The highest BCUT2D eigenvalue weighted by molar-refractivity contribution is 14.1. The van der Waals surface area contributed by atoms with Gasteiger partial charge in [-0.3, -0.25) is 0 Å². The molecule has 3 heteroatoms. The standard InChI is InChI=1S/CH3BIN/c3-2-1-4-2/h4H,1H2. The van der Waals surface area contributed by atoms with Crippen molar-refractivity contribution in [1.82, 2.24) is 5.23 Å². The summed E-state index contributed by atoms with van der Waals surface area (Å²) in [6.07, 6.45) is 1.22. The van der Waals surface area contributed by atoms with Gasteiger partial charge in [-0.05, 0) is 6.44 Å². The second-order valence-electron chi connectivity index (χ2n) is 0.876. The molecule has 22 valence electrons. The van der Waals surface area contributed by atoms with E-state index in [2.05, 4.69) is 27.6 Å². The van der Waals surface area contributed by atoms with Crippen LogP contribution >= 0.6 is 22.4 Å². The van der Waals surface area contributed by atoms with E-state index in [1.54, 1.807) is 0 Å². The smallest absolute Gasteiger partial charge is 0.307 e. The minimum absolute atomic E-state index is 0.803. The Morgan fingerprint density at radius 1 is 2.00 bits per heavy atom. The molecule has 1 nitrogen and oxygen atoms in total. The van der Waals surface area contributed by atoms with E-state index in [1.807, 2.05) is 0 Å². The zero-order valence-electron chi connectivity index (χ0n) is 2.16. The van der Waals surface area contributed by atoms with E-state index in [1.165, 1.54) is 6.44 Å². The fraction of sp³-hybridized carbons (Fsp3) is 1.00. The largest absolute Gasteiger partial charge is 0.350 e. The van der Waals surface area contributed by atoms with E-state index >= 15 is 0 Å². The van der Waals surface area contributed by atoms with Crippen molar-refractivity contribution in [2.75, 3.05) is 6.44 Å². The molecule has 0 radical (unpaired) electrons. The number of hydrogen-bond acceptors (Lipinski definition) is 1. The van der Waals surface area contributed by atoms with Crippen LogP contribution < -0.4 is 5.23 Å². The molecule has 0 unspecified atom stereocenters. The first-order chi connectivity index (χ1) is 1.89. The Morgan fingerprint density at radius 3 is 2.25 bits per heavy atom. The van der Waals surface area contributed by atoms with Gasteiger partial charge in [0.15, 0.2) is 0 Å². The minimum Gasteiger partial charge on any atom is -0.350 e. The first-order valence-corrected chi connectivity index (χ1v) is 2.51. The van der Waals surface area contributed by atoms with Gasteiger partial charge in [0.25, 0.3) is 0 Å². The predicted octanol–water partition coefficient (Wildman–Crippen LogP) is 0.0520. The van der Waals surface area contributed by atoms with Gasteiger partial charge in [0, 0.05) is 0 Å². The third-order valence-corrected chi connectivity index (χ3v) is 1.24. The SMILES string of the molecule is IB1CN1. The average Bonchev–Trinajstić information content (AvgIpc) is 1.75. The summed E-state index contributed by atoms with van der Waals surface area (Å²) in [6, 6.07) is 0. The van der Waals surface area contributed by atoms with Gasteiger partial charge in [0.1, 0.15) is 0 Å². The van der Waals surface area contributed by atoms with E-state index in [4.69, 9.17) is 0 Å². The molecule has 1 heterocycles. The highest BCUT2D eigenvalue weighted by Gasteiger charge is 2.20. The third-order valence-electron chi connectivity index (χ3n) is 0.358. The van der Waals surface area contributed by atoms with Gasteiger partial charge in [0.05, 0.1) is 0 Å². The lowest BCUT2D eigenvalue weighted by Gasteiger charge is -1.41. The van der Waals surface area contributed by atoms with Crippen molar-refractivity contribution in [2.45, 2.75) is 0 Å². The Bertz CT molecular complexity index is 27.2. The molecule has 0 aromatic rings. The summed E-state index contributed by atoms with van der Waals surface area (Å²) in [5.74, 6) is 0. The molecule has 1 N–H and O–H groups in total. The molecule has 0 aromatic carbocycles. The molecule has 0 aliphatic carbocycles. The summed E-state index contributed by atoms with van der Waals surface area (Å²) in [5, 5.41) is 3.08. The Kier molecular flexibility index (Phi) is 0.638. The van der Waals surface area contributed by atoms with Gasteiger partial charge in [-0.1, -0.05) is 0 Å². The summed E-state index contributed by atoms with van der Waals surface area (Å²) >= 11 is 2.34. The van der Waals surface area contributed by atoms with Crippen LogP contribution in [0.4, 0.5) is 0 Å². The van der Waals surface area contributed by atoms with E-state index in [-0.39, 0.29) is 0 Å². The number of hydrogen-bond donors (Lipinski definition) is 1. The lowest BCUT2D eigenvalue weighted by atomic mass is 10.2. The van der Waals surface area contributed by atoms with Crippen molar-refractivity contribution < 1.29 is 0 Å². The van der Waals surface area contributed by atoms with Crippen LogP contribution in [0.25, 0.3) is 0 Å². The van der Waals surface area contributed by atoms with Crippen molar-refractivity contribution >= 4 is 27.1 Å². The molecular formula is CH3BIN. The molecule has 0 aromatic heterocycles. The summed E-state index contributed by atoms with van der Waals surface area (Å²) < 4.78 is 0.803. The minimum atomic E-state index is 0.803. The fourth-order valence-corrected chi connectivity index (χ4v) is 0.299. The van der Waals surface area contributed by atoms with E-state index in [9.17, 15) is 0 Å². The second-order valence-corrected chi connectivity index (χ2v) is 2.38. The lowest BCUT2D eigenvalue weighted by Crippen LogP contribution is -1.74. The van der Waals surface area contributed by atoms with E-state index < -0.39 is 0 Å². The molecule has 0 bridgehead atoms. The molecule has 0 amide bonds. The summed E-state index contributed by atoms with van der Waals surface area (Å²) in [6.45, 7) is 0.